The Morgan fingerprint density at radius 2 is 1.87 bits per heavy atom. The molecule has 0 aliphatic carbocycles. The van der Waals surface area contributed by atoms with Crippen LogP contribution in [0.4, 0.5) is 10.1 Å². The van der Waals surface area contributed by atoms with Gasteiger partial charge in [0.25, 0.3) is 5.91 Å². The van der Waals surface area contributed by atoms with Gasteiger partial charge in [-0.05, 0) is 68.0 Å². The normalized spacial score (nSPS) is 16.3. The standard InChI is InChI=1S/C24H31FN2O3/c1-26(2)21-12-10-18(16-20(21)25)24(28)27-14-6-5-7-19(27)11-8-17-9-13-22(29-3)23(15-17)30-4/h9-10,12-13,15-16,19H,5-8,11,14H2,1-4H3. The molecule has 0 radical (unpaired) electrons. The lowest BCUT2D eigenvalue weighted by Crippen LogP contribution is -2.44. The van der Waals surface area contributed by atoms with Crippen molar-refractivity contribution in [3.8, 4) is 11.5 Å². The van der Waals surface area contributed by atoms with Crippen molar-refractivity contribution in [2.24, 2.45) is 0 Å². The molecule has 2 aromatic rings. The van der Waals surface area contributed by atoms with E-state index in [0.717, 1.165) is 37.7 Å². The molecule has 1 aliphatic heterocycles. The maximum atomic E-state index is 14.4. The molecule has 0 N–H and O–H groups in total. The zero-order valence-corrected chi connectivity index (χ0v) is 18.3. The number of methoxy groups -OCH3 is 2. The van der Waals surface area contributed by atoms with Crippen LogP contribution < -0.4 is 14.4 Å². The molecule has 1 atom stereocenters. The first-order chi connectivity index (χ1) is 14.4. The monoisotopic (exact) mass is 414 g/mol. The van der Waals surface area contributed by atoms with E-state index >= 15 is 0 Å². The quantitative estimate of drug-likeness (QED) is 0.667. The first-order valence-corrected chi connectivity index (χ1v) is 10.4. The summed E-state index contributed by atoms with van der Waals surface area (Å²) in [6.07, 6.45) is 4.75. The molecule has 0 bridgehead atoms. The lowest BCUT2D eigenvalue weighted by molar-refractivity contribution is 0.0601. The first-order valence-electron chi connectivity index (χ1n) is 10.4. The van der Waals surface area contributed by atoms with Crippen LogP contribution in [-0.2, 0) is 6.42 Å². The molecule has 3 rings (SSSR count). The second-order valence-corrected chi connectivity index (χ2v) is 7.94. The van der Waals surface area contributed by atoms with Gasteiger partial charge in [0, 0.05) is 32.2 Å². The number of nitrogens with zero attached hydrogens (tertiary/aromatic N) is 2. The Hall–Kier alpha value is -2.76. The summed E-state index contributed by atoms with van der Waals surface area (Å²) in [4.78, 5) is 16.8. The summed E-state index contributed by atoms with van der Waals surface area (Å²) >= 11 is 0. The van der Waals surface area contributed by atoms with Crippen molar-refractivity contribution in [3.63, 3.8) is 0 Å². The summed E-state index contributed by atoms with van der Waals surface area (Å²) in [5.74, 6) is 0.961. The number of amides is 1. The average molecular weight is 415 g/mol. The topological polar surface area (TPSA) is 42.0 Å². The Morgan fingerprint density at radius 3 is 2.53 bits per heavy atom. The third kappa shape index (κ3) is 4.86. The number of piperidine rings is 1. The summed E-state index contributed by atoms with van der Waals surface area (Å²) < 4.78 is 25.1. The average Bonchev–Trinajstić information content (AvgIpc) is 2.76. The molecule has 0 spiro atoms. The Kier molecular flexibility index (Phi) is 7.19. The number of ether oxygens (including phenoxy) is 2. The van der Waals surface area contributed by atoms with E-state index in [-0.39, 0.29) is 17.8 Å². The van der Waals surface area contributed by atoms with E-state index in [4.69, 9.17) is 9.47 Å². The molecule has 0 aromatic heterocycles. The third-order valence-electron chi connectivity index (χ3n) is 5.78. The third-order valence-corrected chi connectivity index (χ3v) is 5.78. The smallest absolute Gasteiger partial charge is 0.254 e. The van der Waals surface area contributed by atoms with Crippen LogP contribution in [-0.4, -0.2) is 51.7 Å². The fourth-order valence-corrected chi connectivity index (χ4v) is 4.11. The Bertz CT molecular complexity index is 885. The highest BCUT2D eigenvalue weighted by Crippen LogP contribution is 2.30. The highest BCUT2D eigenvalue weighted by atomic mass is 19.1. The van der Waals surface area contributed by atoms with Gasteiger partial charge in [-0.1, -0.05) is 6.07 Å². The predicted molar refractivity (Wildman–Crippen MR) is 117 cm³/mol. The van der Waals surface area contributed by atoms with Crippen molar-refractivity contribution in [2.45, 2.75) is 38.1 Å². The minimum Gasteiger partial charge on any atom is -0.493 e. The van der Waals surface area contributed by atoms with Gasteiger partial charge < -0.3 is 19.3 Å². The van der Waals surface area contributed by atoms with Gasteiger partial charge in [-0.2, -0.15) is 0 Å². The number of carbonyl (C=O) groups excluding carboxylic acids is 1. The molecular weight excluding hydrogens is 383 g/mol. The number of aryl methyl sites for hydroxylation is 1. The van der Waals surface area contributed by atoms with E-state index in [0.29, 0.717) is 29.3 Å². The van der Waals surface area contributed by atoms with Gasteiger partial charge in [0.2, 0.25) is 0 Å². The van der Waals surface area contributed by atoms with E-state index < -0.39 is 0 Å². The van der Waals surface area contributed by atoms with Gasteiger partial charge in [-0.25, -0.2) is 4.39 Å². The summed E-state index contributed by atoms with van der Waals surface area (Å²) in [6, 6.07) is 10.8. The number of rotatable bonds is 7. The molecule has 5 nitrogen and oxygen atoms in total. The number of benzene rings is 2. The van der Waals surface area contributed by atoms with Gasteiger partial charge in [0.1, 0.15) is 5.82 Å². The highest BCUT2D eigenvalue weighted by Gasteiger charge is 2.28. The van der Waals surface area contributed by atoms with Crippen LogP contribution in [0.1, 0.15) is 41.6 Å². The van der Waals surface area contributed by atoms with E-state index in [1.807, 2.05) is 23.1 Å². The maximum absolute atomic E-state index is 14.4. The molecule has 0 saturated carbocycles. The van der Waals surface area contributed by atoms with E-state index in [1.165, 1.54) is 6.07 Å². The molecular formula is C24H31FN2O3. The van der Waals surface area contributed by atoms with Gasteiger partial charge in [0.05, 0.1) is 19.9 Å². The van der Waals surface area contributed by atoms with E-state index in [2.05, 4.69) is 0 Å². The Balaban J connectivity index is 1.72. The van der Waals surface area contributed by atoms with Crippen LogP contribution in [0.2, 0.25) is 0 Å². The Labute approximate surface area is 178 Å². The van der Waals surface area contributed by atoms with Crippen molar-refractivity contribution in [1.82, 2.24) is 4.90 Å². The molecule has 1 heterocycles. The van der Waals surface area contributed by atoms with Crippen molar-refractivity contribution < 1.29 is 18.7 Å². The molecule has 6 heteroatoms. The molecule has 1 aliphatic rings. The second-order valence-electron chi connectivity index (χ2n) is 7.94. The number of hydrogen-bond donors (Lipinski definition) is 0. The van der Waals surface area contributed by atoms with Crippen LogP contribution in [0.5, 0.6) is 11.5 Å². The van der Waals surface area contributed by atoms with Crippen molar-refractivity contribution in [1.29, 1.82) is 0 Å². The molecule has 1 amide bonds. The van der Waals surface area contributed by atoms with Crippen LogP contribution in [0.25, 0.3) is 0 Å². The SMILES string of the molecule is COc1ccc(CCC2CCCCN2C(=O)c2ccc(N(C)C)c(F)c2)cc1OC. The fourth-order valence-electron chi connectivity index (χ4n) is 4.11. The molecule has 1 fully saturated rings. The zero-order chi connectivity index (χ0) is 21.7. The van der Waals surface area contributed by atoms with Crippen molar-refractivity contribution in [3.05, 3.63) is 53.3 Å². The van der Waals surface area contributed by atoms with E-state index in [9.17, 15) is 9.18 Å². The molecule has 1 saturated heterocycles. The van der Waals surface area contributed by atoms with Gasteiger partial charge in [0.15, 0.2) is 11.5 Å². The summed E-state index contributed by atoms with van der Waals surface area (Å²) in [5.41, 5.74) is 2.04. The zero-order valence-electron chi connectivity index (χ0n) is 18.3. The van der Waals surface area contributed by atoms with Crippen LogP contribution >= 0.6 is 0 Å². The predicted octanol–water partition coefficient (Wildman–Crippen LogP) is 4.54. The maximum Gasteiger partial charge on any atom is 0.254 e. The summed E-state index contributed by atoms with van der Waals surface area (Å²) in [6.45, 7) is 0.715. The number of hydrogen-bond acceptors (Lipinski definition) is 4. The number of halogens is 1. The number of likely N-dealkylation sites (tertiary alicyclic amines) is 1. The fraction of sp³-hybridized carbons (Fsp3) is 0.458. The van der Waals surface area contributed by atoms with Crippen LogP contribution in [0.15, 0.2) is 36.4 Å². The molecule has 1 unspecified atom stereocenters. The minimum absolute atomic E-state index is 0.0868. The van der Waals surface area contributed by atoms with Crippen molar-refractivity contribution >= 4 is 11.6 Å². The molecule has 2 aromatic carbocycles. The highest BCUT2D eigenvalue weighted by molar-refractivity contribution is 5.95. The van der Waals surface area contributed by atoms with Gasteiger partial charge >= 0.3 is 0 Å². The number of carbonyl (C=O) groups is 1. The summed E-state index contributed by atoms with van der Waals surface area (Å²) in [7, 11) is 6.82. The minimum atomic E-state index is -0.371. The molecule has 30 heavy (non-hydrogen) atoms. The second kappa shape index (κ2) is 9.83. The molecule has 162 valence electrons. The van der Waals surface area contributed by atoms with Gasteiger partial charge in [-0.15, -0.1) is 0 Å². The van der Waals surface area contributed by atoms with Gasteiger partial charge in [-0.3, -0.25) is 4.79 Å². The van der Waals surface area contributed by atoms with Crippen molar-refractivity contribution in [2.75, 3.05) is 39.8 Å². The Morgan fingerprint density at radius 1 is 1.10 bits per heavy atom. The largest absolute Gasteiger partial charge is 0.493 e. The summed E-state index contributed by atoms with van der Waals surface area (Å²) in [5, 5.41) is 0. The lowest BCUT2D eigenvalue weighted by atomic mass is 9.95. The first kappa shape index (κ1) is 21.9. The number of anilines is 1. The lowest BCUT2D eigenvalue weighted by Gasteiger charge is -2.36. The van der Waals surface area contributed by atoms with E-state index in [1.54, 1.807) is 45.3 Å². The van der Waals surface area contributed by atoms with Crippen LogP contribution in [0, 0.1) is 5.82 Å². The van der Waals surface area contributed by atoms with Crippen LogP contribution in [0.3, 0.4) is 0 Å².